The molecule has 25 heavy (non-hydrogen) atoms. The SMILES string of the molecule is Cl.O=C(Nc1ccc(-n2nccc2C(F)(F)F)cc1)C1CCCNC1. The lowest BCUT2D eigenvalue weighted by atomic mass is 9.99. The molecule has 2 N–H and O–H groups in total. The van der Waals surface area contributed by atoms with Gasteiger partial charge in [0.1, 0.15) is 5.69 Å². The quantitative estimate of drug-likeness (QED) is 0.867. The number of halogens is 4. The van der Waals surface area contributed by atoms with Crippen LogP contribution in [0.4, 0.5) is 18.9 Å². The maximum absolute atomic E-state index is 12.9. The smallest absolute Gasteiger partial charge is 0.326 e. The maximum Gasteiger partial charge on any atom is 0.433 e. The molecule has 0 bridgehead atoms. The van der Waals surface area contributed by atoms with E-state index in [1.807, 2.05) is 0 Å². The van der Waals surface area contributed by atoms with E-state index in [0.717, 1.165) is 36.3 Å². The van der Waals surface area contributed by atoms with Gasteiger partial charge in [-0.3, -0.25) is 4.79 Å². The lowest BCUT2D eigenvalue weighted by Crippen LogP contribution is -2.37. The molecule has 1 unspecified atom stereocenters. The minimum atomic E-state index is -4.47. The molecule has 3 rings (SSSR count). The first-order chi connectivity index (χ1) is 11.4. The van der Waals surface area contributed by atoms with Gasteiger partial charge in [-0.1, -0.05) is 0 Å². The van der Waals surface area contributed by atoms with Gasteiger partial charge in [-0.15, -0.1) is 12.4 Å². The van der Waals surface area contributed by atoms with Crippen LogP contribution in [0.5, 0.6) is 0 Å². The molecule has 0 spiro atoms. The third-order valence-electron chi connectivity index (χ3n) is 3.98. The molecule has 1 atom stereocenters. The predicted octanol–water partition coefficient (Wildman–Crippen LogP) is 3.25. The summed E-state index contributed by atoms with van der Waals surface area (Å²) in [6.07, 6.45) is -1.58. The lowest BCUT2D eigenvalue weighted by Gasteiger charge is -2.22. The Kier molecular flexibility index (Phi) is 6.07. The van der Waals surface area contributed by atoms with E-state index >= 15 is 0 Å². The summed E-state index contributed by atoms with van der Waals surface area (Å²) < 4.78 is 39.5. The number of nitrogens with one attached hydrogen (secondary N) is 2. The molecule has 1 aromatic heterocycles. The molecule has 1 aliphatic heterocycles. The van der Waals surface area contributed by atoms with E-state index in [2.05, 4.69) is 15.7 Å². The van der Waals surface area contributed by atoms with Gasteiger partial charge < -0.3 is 10.6 Å². The summed E-state index contributed by atoms with van der Waals surface area (Å²) in [5.41, 5.74) is -0.00717. The van der Waals surface area contributed by atoms with Crippen LogP contribution in [0.1, 0.15) is 18.5 Å². The molecular formula is C16H18ClF3N4O. The van der Waals surface area contributed by atoms with Crippen LogP contribution in [0.25, 0.3) is 5.69 Å². The van der Waals surface area contributed by atoms with Crippen LogP contribution >= 0.6 is 12.4 Å². The molecule has 1 aliphatic rings. The van der Waals surface area contributed by atoms with Crippen molar-refractivity contribution in [3.8, 4) is 5.69 Å². The molecule has 0 radical (unpaired) electrons. The van der Waals surface area contributed by atoms with E-state index in [1.54, 1.807) is 12.1 Å². The van der Waals surface area contributed by atoms with Crippen LogP contribution < -0.4 is 10.6 Å². The number of hydrogen-bond acceptors (Lipinski definition) is 3. The second-order valence-corrected chi connectivity index (χ2v) is 5.71. The van der Waals surface area contributed by atoms with Gasteiger partial charge in [-0.2, -0.15) is 18.3 Å². The van der Waals surface area contributed by atoms with E-state index < -0.39 is 11.9 Å². The molecule has 2 heterocycles. The highest BCUT2D eigenvalue weighted by atomic mass is 35.5. The zero-order chi connectivity index (χ0) is 17.2. The summed E-state index contributed by atoms with van der Waals surface area (Å²) in [4.78, 5) is 12.1. The first kappa shape index (κ1) is 19.3. The van der Waals surface area contributed by atoms with Crippen LogP contribution in [0.2, 0.25) is 0 Å². The van der Waals surface area contributed by atoms with Crippen molar-refractivity contribution in [1.82, 2.24) is 15.1 Å². The summed E-state index contributed by atoms with van der Waals surface area (Å²) in [7, 11) is 0. The number of alkyl halides is 3. The van der Waals surface area contributed by atoms with Gasteiger partial charge >= 0.3 is 6.18 Å². The van der Waals surface area contributed by atoms with Crippen molar-refractivity contribution in [3.63, 3.8) is 0 Å². The van der Waals surface area contributed by atoms with Gasteiger partial charge in [0.05, 0.1) is 17.8 Å². The Morgan fingerprint density at radius 2 is 1.96 bits per heavy atom. The van der Waals surface area contributed by atoms with Crippen molar-refractivity contribution in [2.24, 2.45) is 5.92 Å². The number of aromatic nitrogens is 2. The number of anilines is 1. The Labute approximate surface area is 149 Å². The van der Waals surface area contributed by atoms with Gasteiger partial charge in [0, 0.05) is 12.2 Å². The van der Waals surface area contributed by atoms with E-state index in [1.165, 1.54) is 12.1 Å². The Morgan fingerprint density at radius 3 is 2.56 bits per heavy atom. The summed E-state index contributed by atoms with van der Waals surface area (Å²) in [5.74, 6) is -0.161. The molecule has 1 aromatic carbocycles. The molecule has 0 aliphatic carbocycles. The van der Waals surface area contributed by atoms with Crippen LogP contribution in [-0.2, 0) is 11.0 Å². The van der Waals surface area contributed by atoms with E-state index in [4.69, 9.17) is 0 Å². The molecule has 0 saturated carbocycles. The second-order valence-electron chi connectivity index (χ2n) is 5.71. The number of piperidine rings is 1. The molecule has 136 valence electrons. The molecule has 1 amide bonds. The number of benzene rings is 1. The van der Waals surface area contributed by atoms with Crippen molar-refractivity contribution in [2.45, 2.75) is 19.0 Å². The minimum absolute atomic E-state index is 0. The fraction of sp³-hybridized carbons (Fsp3) is 0.375. The Bertz CT molecular complexity index is 709. The number of nitrogens with zero attached hydrogens (tertiary/aromatic N) is 2. The fourth-order valence-electron chi connectivity index (χ4n) is 2.73. The number of hydrogen-bond donors (Lipinski definition) is 2. The molecule has 1 saturated heterocycles. The highest BCUT2D eigenvalue weighted by Crippen LogP contribution is 2.30. The first-order valence-electron chi connectivity index (χ1n) is 7.68. The standard InChI is InChI=1S/C16H17F3N4O.ClH/c17-16(18,19)14-7-9-21-23(14)13-5-3-12(4-6-13)22-15(24)11-2-1-8-20-10-11;/h3-7,9,11,20H,1-2,8,10H2,(H,22,24);1H. The molecule has 9 heteroatoms. The molecular weight excluding hydrogens is 357 g/mol. The number of carbonyl (C=O) groups excluding carboxylic acids is 1. The topological polar surface area (TPSA) is 59.0 Å². The van der Waals surface area contributed by atoms with Gasteiger partial charge in [0.2, 0.25) is 5.91 Å². The average molecular weight is 375 g/mol. The van der Waals surface area contributed by atoms with Gasteiger partial charge in [-0.05, 0) is 49.7 Å². The highest BCUT2D eigenvalue weighted by molar-refractivity contribution is 5.92. The number of amides is 1. The van der Waals surface area contributed by atoms with Crippen molar-refractivity contribution in [3.05, 3.63) is 42.2 Å². The monoisotopic (exact) mass is 374 g/mol. The third-order valence-corrected chi connectivity index (χ3v) is 3.98. The van der Waals surface area contributed by atoms with E-state index in [-0.39, 0.29) is 29.9 Å². The minimum Gasteiger partial charge on any atom is -0.326 e. The van der Waals surface area contributed by atoms with Crippen molar-refractivity contribution in [1.29, 1.82) is 0 Å². The normalized spacial score (nSPS) is 17.6. The zero-order valence-electron chi connectivity index (χ0n) is 13.2. The lowest BCUT2D eigenvalue weighted by molar-refractivity contribution is -0.142. The Morgan fingerprint density at radius 1 is 1.24 bits per heavy atom. The third kappa shape index (κ3) is 4.52. The van der Waals surface area contributed by atoms with E-state index in [0.29, 0.717) is 12.2 Å². The van der Waals surface area contributed by atoms with Crippen LogP contribution in [0.3, 0.4) is 0 Å². The molecule has 5 nitrogen and oxygen atoms in total. The van der Waals surface area contributed by atoms with Gasteiger partial charge in [-0.25, -0.2) is 4.68 Å². The summed E-state index contributed by atoms with van der Waals surface area (Å²) in [6, 6.07) is 7.07. The van der Waals surface area contributed by atoms with Crippen LogP contribution in [0.15, 0.2) is 36.5 Å². The summed E-state index contributed by atoms with van der Waals surface area (Å²) in [6.45, 7) is 1.57. The van der Waals surface area contributed by atoms with Crippen LogP contribution in [0, 0.1) is 5.92 Å². The van der Waals surface area contributed by atoms with Crippen molar-refractivity contribution >= 4 is 24.0 Å². The Hall–Kier alpha value is -2.06. The molecule has 1 fully saturated rings. The summed E-state index contributed by atoms with van der Waals surface area (Å²) in [5, 5.41) is 9.69. The zero-order valence-corrected chi connectivity index (χ0v) is 14.0. The Balaban J connectivity index is 0.00000225. The number of carbonyl (C=O) groups is 1. The largest absolute Gasteiger partial charge is 0.433 e. The van der Waals surface area contributed by atoms with E-state index in [9.17, 15) is 18.0 Å². The first-order valence-corrected chi connectivity index (χ1v) is 7.68. The van der Waals surface area contributed by atoms with Gasteiger partial charge in [0.25, 0.3) is 0 Å². The summed E-state index contributed by atoms with van der Waals surface area (Å²) >= 11 is 0. The van der Waals surface area contributed by atoms with Gasteiger partial charge in [0.15, 0.2) is 0 Å². The average Bonchev–Trinajstić information content (AvgIpc) is 3.06. The number of rotatable bonds is 3. The highest BCUT2D eigenvalue weighted by Gasteiger charge is 2.35. The maximum atomic E-state index is 12.9. The fourth-order valence-corrected chi connectivity index (χ4v) is 2.73. The van der Waals surface area contributed by atoms with Crippen molar-refractivity contribution < 1.29 is 18.0 Å². The second kappa shape index (κ2) is 7.88. The van der Waals surface area contributed by atoms with Crippen molar-refractivity contribution in [2.75, 3.05) is 18.4 Å². The molecule has 2 aromatic rings. The van der Waals surface area contributed by atoms with Crippen LogP contribution in [-0.4, -0.2) is 28.8 Å². The predicted molar refractivity (Wildman–Crippen MR) is 90.0 cm³/mol.